The van der Waals surface area contributed by atoms with E-state index >= 15 is 0 Å². The van der Waals surface area contributed by atoms with E-state index in [-0.39, 0.29) is 11.9 Å². The lowest BCUT2D eigenvalue weighted by atomic mass is 9.82. The van der Waals surface area contributed by atoms with Crippen LogP contribution in [0.4, 0.5) is 5.69 Å². The number of carbonyl (C=O) groups excluding carboxylic acids is 1. The van der Waals surface area contributed by atoms with Crippen LogP contribution in [0.3, 0.4) is 0 Å². The number of amides is 1. The van der Waals surface area contributed by atoms with Gasteiger partial charge < -0.3 is 9.80 Å². The zero-order chi connectivity index (χ0) is 16.5. The fourth-order valence-corrected chi connectivity index (χ4v) is 4.13. The lowest BCUT2D eigenvalue weighted by Crippen LogP contribution is -2.59. The number of hydrogen-bond donors (Lipinski definition) is 0. The third-order valence-electron chi connectivity index (χ3n) is 5.30. The smallest absolute Gasteiger partial charge is 0.258 e. The molecule has 0 N–H and O–H groups in total. The molecule has 3 nitrogen and oxygen atoms in total. The van der Waals surface area contributed by atoms with Gasteiger partial charge in [0, 0.05) is 22.8 Å². The molecular formula is C20H21ClN2O. The average molecular weight is 341 g/mol. The van der Waals surface area contributed by atoms with E-state index in [1.165, 1.54) is 12.8 Å². The number of piperidine rings is 3. The molecule has 124 valence electrons. The van der Waals surface area contributed by atoms with Crippen molar-refractivity contribution in [2.45, 2.75) is 18.9 Å². The number of hydrogen-bond acceptors (Lipinski definition) is 2. The zero-order valence-corrected chi connectivity index (χ0v) is 14.3. The van der Waals surface area contributed by atoms with Gasteiger partial charge in [0.05, 0.1) is 6.04 Å². The van der Waals surface area contributed by atoms with Gasteiger partial charge in [-0.25, -0.2) is 0 Å². The van der Waals surface area contributed by atoms with Crippen LogP contribution in [0.5, 0.6) is 0 Å². The molecule has 5 rings (SSSR count). The van der Waals surface area contributed by atoms with Gasteiger partial charge in [-0.05, 0) is 68.2 Å². The number of rotatable bonds is 3. The average Bonchev–Trinajstić information content (AvgIpc) is 2.65. The molecule has 0 aromatic heterocycles. The van der Waals surface area contributed by atoms with Crippen LogP contribution in [-0.2, 0) is 0 Å². The Morgan fingerprint density at radius 3 is 2.25 bits per heavy atom. The molecule has 3 heterocycles. The summed E-state index contributed by atoms with van der Waals surface area (Å²) in [5, 5.41) is 0.694. The van der Waals surface area contributed by atoms with Gasteiger partial charge in [0.15, 0.2) is 0 Å². The lowest BCUT2D eigenvalue weighted by Gasteiger charge is -2.49. The number of nitrogens with zero attached hydrogens (tertiary/aromatic N) is 2. The van der Waals surface area contributed by atoms with Gasteiger partial charge in [0.1, 0.15) is 0 Å². The van der Waals surface area contributed by atoms with Gasteiger partial charge in [-0.15, -0.1) is 0 Å². The second kappa shape index (κ2) is 6.58. The molecule has 3 fully saturated rings. The highest BCUT2D eigenvalue weighted by Gasteiger charge is 2.40. The largest absolute Gasteiger partial charge is 0.304 e. The van der Waals surface area contributed by atoms with E-state index in [0.29, 0.717) is 10.9 Å². The molecule has 0 aliphatic carbocycles. The molecule has 3 saturated heterocycles. The van der Waals surface area contributed by atoms with Gasteiger partial charge in [0.25, 0.3) is 5.91 Å². The summed E-state index contributed by atoms with van der Waals surface area (Å²) >= 11 is 6.05. The molecule has 1 unspecified atom stereocenters. The fraction of sp³-hybridized carbons (Fsp3) is 0.350. The van der Waals surface area contributed by atoms with E-state index in [9.17, 15) is 4.79 Å². The monoisotopic (exact) mass is 340 g/mol. The summed E-state index contributed by atoms with van der Waals surface area (Å²) in [5.41, 5.74) is 1.68. The Kier molecular flexibility index (Phi) is 4.30. The molecule has 3 aliphatic heterocycles. The topological polar surface area (TPSA) is 23.6 Å². The molecule has 0 spiro atoms. The molecule has 4 heteroatoms. The first kappa shape index (κ1) is 15.7. The van der Waals surface area contributed by atoms with Crippen LogP contribution in [0.2, 0.25) is 5.02 Å². The Bertz CT molecular complexity index is 708. The van der Waals surface area contributed by atoms with E-state index in [2.05, 4.69) is 4.90 Å². The summed E-state index contributed by atoms with van der Waals surface area (Å²) in [6.07, 6.45) is 2.35. The first-order valence-corrected chi connectivity index (χ1v) is 8.97. The third-order valence-corrected chi connectivity index (χ3v) is 5.55. The van der Waals surface area contributed by atoms with Crippen LogP contribution in [0.25, 0.3) is 0 Å². The van der Waals surface area contributed by atoms with Crippen molar-refractivity contribution in [3.63, 3.8) is 0 Å². The molecule has 2 aromatic rings. The van der Waals surface area contributed by atoms with Crippen LogP contribution in [0, 0.1) is 5.92 Å². The van der Waals surface area contributed by atoms with Crippen molar-refractivity contribution in [2.75, 3.05) is 24.5 Å². The molecular weight excluding hydrogens is 320 g/mol. The molecule has 2 bridgehead atoms. The summed E-state index contributed by atoms with van der Waals surface area (Å²) < 4.78 is 0. The van der Waals surface area contributed by atoms with Crippen LogP contribution in [0.1, 0.15) is 23.2 Å². The van der Waals surface area contributed by atoms with Crippen LogP contribution in [-0.4, -0.2) is 36.5 Å². The van der Waals surface area contributed by atoms with Gasteiger partial charge in [-0.2, -0.15) is 0 Å². The van der Waals surface area contributed by atoms with Crippen molar-refractivity contribution in [1.82, 2.24) is 4.90 Å². The second-order valence-corrected chi connectivity index (χ2v) is 7.16. The Labute approximate surface area is 147 Å². The molecule has 1 atom stereocenters. The highest BCUT2D eigenvalue weighted by molar-refractivity contribution is 6.30. The SMILES string of the molecule is O=C(c1ccccc1)N(c1ccc(Cl)cc1)C1CN2CCC1CC2. The zero-order valence-electron chi connectivity index (χ0n) is 13.6. The number of benzene rings is 2. The van der Waals surface area contributed by atoms with E-state index < -0.39 is 0 Å². The van der Waals surface area contributed by atoms with E-state index in [1.54, 1.807) is 0 Å². The van der Waals surface area contributed by atoms with Gasteiger partial charge in [0.2, 0.25) is 0 Å². The number of carbonyl (C=O) groups is 1. The van der Waals surface area contributed by atoms with Crippen LogP contribution >= 0.6 is 11.6 Å². The standard InChI is InChI=1S/C20H21ClN2O/c21-17-6-8-18(9-7-17)23(20(24)16-4-2-1-3-5-16)19-14-22-12-10-15(19)11-13-22/h1-9,15,19H,10-14H2. The minimum absolute atomic E-state index is 0.0803. The highest BCUT2D eigenvalue weighted by Crippen LogP contribution is 2.34. The third kappa shape index (κ3) is 2.94. The van der Waals surface area contributed by atoms with Crippen LogP contribution in [0.15, 0.2) is 54.6 Å². The Hall–Kier alpha value is -1.84. The maximum Gasteiger partial charge on any atom is 0.258 e. The molecule has 2 aromatic carbocycles. The minimum atomic E-state index is 0.0803. The Morgan fingerprint density at radius 2 is 1.67 bits per heavy atom. The maximum atomic E-state index is 13.3. The van der Waals surface area contributed by atoms with Gasteiger partial charge >= 0.3 is 0 Å². The summed E-state index contributed by atoms with van der Waals surface area (Å²) in [7, 11) is 0. The molecule has 3 aliphatic rings. The molecule has 1 amide bonds. The van der Waals surface area contributed by atoms with E-state index in [0.717, 1.165) is 30.9 Å². The van der Waals surface area contributed by atoms with Crippen molar-refractivity contribution in [3.8, 4) is 0 Å². The Morgan fingerprint density at radius 1 is 1.00 bits per heavy atom. The molecule has 0 saturated carbocycles. The maximum absolute atomic E-state index is 13.3. The van der Waals surface area contributed by atoms with Crippen LogP contribution < -0.4 is 4.90 Å². The second-order valence-electron chi connectivity index (χ2n) is 6.72. The first-order chi connectivity index (χ1) is 11.7. The van der Waals surface area contributed by atoms with Gasteiger partial charge in [-0.3, -0.25) is 4.79 Å². The fourth-order valence-electron chi connectivity index (χ4n) is 4.01. The minimum Gasteiger partial charge on any atom is -0.304 e. The normalized spacial score (nSPS) is 25.5. The number of fused-ring (bicyclic) bond motifs is 3. The van der Waals surface area contributed by atoms with Crippen molar-refractivity contribution >= 4 is 23.2 Å². The van der Waals surface area contributed by atoms with E-state index in [1.807, 2.05) is 59.5 Å². The van der Waals surface area contributed by atoms with Gasteiger partial charge in [-0.1, -0.05) is 29.8 Å². The first-order valence-electron chi connectivity index (χ1n) is 8.59. The summed E-state index contributed by atoms with van der Waals surface area (Å²) in [6.45, 7) is 3.29. The van der Waals surface area contributed by atoms with Crippen molar-refractivity contribution < 1.29 is 4.79 Å². The van der Waals surface area contributed by atoms with E-state index in [4.69, 9.17) is 11.6 Å². The molecule has 24 heavy (non-hydrogen) atoms. The Balaban J connectivity index is 1.72. The summed E-state index contributed by atoms with van der Waals surface area (Å²) in [6, 6.07) is 17.5. The summed E-state index contributed by atoms with van der Waals surface area (Å²) in [4.78, 5) is 17.8. The summed E-state index contributed by atoms with van der Waals surface area (Å²) in [5.74, 6) is 0.662. The number of halogens is 1. The molecule has 0 radical (unpaired) electrons. The highest BCUT2D eigenvalue weighted by atomic mass is 35.5. The quantitative estimate of drug-likeness (QED) is 0.840. The van der Waals surface area contributed by atoms with Crippen molar-refractivity contribution in [2.24, 2.45) is 5.92 Å². The van der Waals surface area contributed by atoms with Crippen molar-refractivity contribution in [1.29, 1.82) is 0 Å². The lowest BCUT2D eigenvalue weighted by molar-refractivity contribution is 0.0734. The number of anilines is 1. The predicted molar refractivity (Wildman–Crippen MR) is 97.7 cm³/mol. The predicted octanol–water partition coefficient (Wildman–Crippen LogP) is 4.08. The van der Waals surface area contributed by atoms with Crippen molar-refractivity contribution in [3.05, 3.63) is 65.2 Å².